The molecule has 0 radical (unpaired) electrons. The predicted molar refractivity (Wildman–Crippen MR) is 55.2 cm³/mol. The van der Waals surface area contributed by atoms with E-state index in [1.165, 1.54) is 12.8 Å². The first-order valence-electron chi connectivity index (χ1n) is 5.18. The Hall–Kier alpha value is -1.09. The Morgan fingerprint density at radius 3 is 2.93 bits per heavy atom. The molecule has 1 aromatic rings. The summed E-state index contributed by atoms with van der Waals surface area (Å²) >= 11 is 0. The summed E-state index contributed by atoms with van der Waals surface area (Å²) in [5.41, 5.74) is 7.76. The van der Waals surface area contributed by atoms with Crippen LogP contribution in [0.3, 0.4) is 0 Å². The highest BCUT2D eigenvalue weighted by Gasteiger charge is 2.25. The molecule has 3 nitrogen and oxygen atoms in total. The van der Waals surface area contributed by atoms with E-state index in [1.807, 2.05) is 6.07 Å². The highest BCUT2D eigenvalue weighted by atomic mass is 16.5. The average Bonchev–Trinajstić information content (AvgIpc) is 3.02. The van der Waals surface area contributed by atoms with Gasteiger partial charge in [-0.2, -0.15) is 0 Å². The van der Waals surface area contributed by atoms with Gasteiger partial charge >= 0.3 is 0 Å². The molecule has 1 heterocycles. The maximum atomic E-state index is 5.83. The molecule has 1 fully saturated rings. The van der Waals surface area contributed by atoms with Gasteiger partial charge < -0.3 is 10.5 Å². The van der Waals surface area contributed by atoms with Crippen molar-refractivity contribution in [2.75, 3.05) is 0 Å². The molecule has 1 saturated carbocycles. The number of hydrogen-bond donors (Lipinski definition) is 1. The third kappa shape index (κ3) is 1.87. The van der Waals surface area contributed by atoms with E-state index in [4.69, 9.17) is 10.5 Å². The fourth-order valence-electron chi connectivity index (χ4n) is 1.45. The van der Waals surface area contributed by atoms with Crippen molar-refractivity contribution in [3.8, 4) is 5.75 Å². The minimum Gasteiger partial charge on any atom is -0.488 e. The van der Waals surface area contributed by atoms with Gasteiger partial charge in [0.15, 0.2) is 0 Å². The van der Waals surface area contributed by atoms with Crippen LogP contribution in [-0.4, -0.2) is 11.1 Å². The Bertz CT molecular complexity index is 299. The van der Waals surface area contributed by atoms with Crippen LogP contribution in [0, 0.1) is 0 Å². The van der Waals surface area contributed by atoms with Crippen LogP contribution < -0.4 is 10.5 Å². The molecule has 0 spiro atoms. The van der Waals surface area contributed by atoms with Crippen molar-refractivity contribution < 1.29 is 4.74 Å². The van der Waals surface area contributed by atoms with Crippen molar-refractivity contribution in [3.05, 3.63) is 23.5 Å². The molecule has 0 amide bonds. The normalized spacial score (nSPS) is 15.6. The first-order chi connectivity index (χ1) is 6.85. The Morgan fingerprint density at radius 1 is 1.57 bits per heavy atom. The molecule has 0 bridgehead atoms. The van der Waals surface area contributed by atoms with E-state index in [-0.39, 0.29) is 0 Å². The number of pyridine rings is 1. The zero-order valence-electron chi connectivity index (χ0n) is 8.49. The highest BCUT2D eigenvalue weighted by Crippen LogP contribution is 2.31. The second-order valence-electron chi connectivity index (χ2n) is 3.62. The molecule has 0 aromatic carbocycles. The Kier molecular flexibility index (Phi) is 2.68. The summed E-state index contributed by atoms with van der Waals surface area (Å²) in [6.07, 6.45) is 5.45. The van der Waals surface area contributed by atoms with Gasteiger partial charge in [0.2, 0.25) is 0 Å². The number of hydrogen-bond acceptors (Lipinski definition) is 3. The van der Waals surface area contributed by atoms with Gasteiger partial charge in [-0.3, -0.25) is 4.98 Å². The van der Waals surface area contributed by atoms with Crippen molar-refractivity contribution in [2.45, 2.75) is 38.8 Å². The minimum atomic E-state index is 0.412. The lowest BCUT2D eigenvalue weighted by atomic mass is 10.1. The average molecular weight is 192 g/mol. The minimum absolute atomic E-state index is 0.412. The topological polar surface area (TPSA) is 48.1 Å². The summed E-state index contributed by atoms with van der Waals surface area (Å²) < 4.78 is 5.83. The van der Waals surface area contributed by atoms with E-state index in [0.717, 1.165) is 23.4 Å². The lowest BCUT2D eigenvalue weighted by Gasteiger charge is -2.12. The van der Waals surface area contributed by atoms with Gasteiger partial charge in [0, 0.05) is 18.3 Å². The van der Waals surface area contributed by atoms with Gasteiger partial charge in [-0.05, 0) is 25.3 Å². The van der Waals surface area contributed by atoms with Crippen LogP contribution in [0.4, 0.5) is 0 Å². The Balaban J connectivity index is 2.29. The van der Waals surface area contributed by atoms with Gasteiger partial charge in [0.25, 0.3) is 0 Å². The summed E-state index contributed by atoms with van der Waals surface area (Å²) in [6, 6.07) is 1.94. The maximum Gasteiger partial charge on any atom is 0.145 e. The zero-order valence-corrected chi connectivity index (χ0v) is 8.49. The molecule has 1 aliphatic carbocycles. The first kappa shape index (κ1) is 9.46. The first-order valence-corrected chi connectivity index (χ1v) is 5.18. The molecule has 0 aliphatic heterocycles. The Morgan fingerprint density at radius 2 is 2.36 bits per heavy atom. The quantitative estimate of drug-likeness (QED) is 0.789. The summed E-state index contributed by atoms with van der Waals surface area (Å²) in [6.45, 7) is 2.61. The van der Waals surface area contributed by atoms with Crippen LogP contribution in [0.15, 0.2) is 12.3 Å². The summed E-state index contributed by atoms with van der Waals surface area (Å²) in [7, 11) is 0. The monoisotopic (exact) mass is 192 g/mol. The molecule has 2 N–H and O–H groups in total. The number of aryl methyl sites for hydroxylation is 1. The van der Waals surface area contributed by atoms with Gasteiger partial charge in [0.05, 0.1) is 11.8 Å². The van der Waals surface area contributed by atoms with Crippen molar-refractivity contribution in [2.24, 2.45) is 5.73 Å². The molecule has 76 valence electrons. The molecule has 0 unspecified atom stereocenters. The van der Waals surface area contributed by atoms with E-state index in [1.54, 1.807) is 6.20 Å². The summed E-state index contributed by atoms with van der Waals surface area (Å²) in [4.78, 5) is 4.31. The number of nitrogens with zero attached hydrogens (tertiary/aromatic N) is 1. The van der Waals surface area contributed by atoms with Crippen LogP contribution >= 0.6 is 0 Å². The molecule has 3 heteroatoms. The van der Waals surface area contributed by atoms with Gasteiger partial charge in [-0.25, -0.2) is 0 Å². The van der Waals surface area contributed by atoms with Crippen molar-refractivity contribution in [3.63, 3.8) is 0 Å². The molecule has 1 aromatic heterocycles. The Labute approximate surface area is 84.3 Å². The van der Waals surface area contributed by atoms with Gasteiger partial charge in [0.1, 0.15) is 5.75 Å². The number of rotatable bonds is 4. The summed E-state index contributed by atoms with van der Waals surface area (Å²) in [5.74, 6) is 0.931. The zero-order chi connectivity index (χ0) is 9.97. The van der Waals surface area contributed by atoms with Crippen LogP contribution in [-0.2, 0) is 13.0 Å². The van der Waals surface area contributed by atoms with Crippen LogP contribution in [0.2, 0.25) is 0 Å². The van der Waals surface area contributed by atoms with E-state index < -0.39 is 0 Å². The molecule has 1 aliphatic rings. The van der Waals surface area contributed by atoms with Crippen molar-refractivity contribution >= 4 is 0 Å². The summed E-state index contributed by atoms with van der Waals surface area (Å²) in [5, 5.41) is 0. The lowest BCUT2D eigenvalue weighted by Crippen LogP contribution is -2.07. The number of ether oxygens (including phenoxy) is 1. The van der Waals surface area contributed by atoms with E-state index in [9.17, 15) is 0 Å². The van der Waals surface area contributed by atoms with E-state index >= 15 is 0 Å². The molecule has 2 rings (SSSR count). The van der Waals surface area contributed by atoms with Crippen molar-refractivity contribution in [1.29, 1.82) is 0 Å². The molecule has 0 saturated heterocycles. The maximum absolute atomic E-state index is 5.83. The van der Waals surface area contributed by atoms with E-state index in [2.05, 4.69) is 11.9 Å². The fourth-order valence-corrected chi connectivity index (χ4v) is 1.45. The SMILES string of the molecule is CCc1nccc(CN)c1OC1CC1. The van der Waals surface area contributed by atoms with Crippen molar-refractivity contribution in [1.82, 2.24) is 4.98 Å². The smallest absolute Gasteiger partial charge is 0.145 e. The highest BCUT2D eigenvalue weighted by molar-refractivity contribution is 5.37. The largest absolute Gasteiger partial charge is 0.488 e. The second-order valence-corrected chi connectivity index (χ2v) is 3.62. The van der Waals surface area contributed by atoms with Crippen LogP contribution in [0.1, 0.15) is 31.0 Å². The molecule has 14 heavy (non-hydrogen) atoms. The third-order valence-electron chi connectivity index (χ3n) is 2.42. The molecule has 0 atom stereocenters. The molecular weight excluding hydrogens is 176 g/mol. The second kappa shape index (κ2) is 3.96. The van der Waals surface area contributed by atoms with Gasteiger partial charge in [-0.15, -0.1) is 0 Å². The number of nitrogens with two attached hydrogens (primary N) is 1. The standard InChI is InChI=1S/C11H16N2O/c1-2-10-11(14-9-3-4-9)8(7-12)5-6-13-10/h5-6,9H,2-4,7,12H2,1H3. The van der Waals surface area contributed by atoms with Crippen LogP contribution in [0.25, 0.3) is 0 Å². The predicted octanol–water partition coefficient (Wildman–Crippen LogP) is 1.64. The third-order valence-corrected chi connectivity index (χ3v) is 2.42. The van der Waals surface area contributed by atoms with E-state index in [0.29, 0.717) is 12.6 Å². The number of aromatic nitrogens is 1. The van der Waals surface area contributed by atoms with Gasteiger partial charge in [-0.1, -0.05) is 6.92 Å². The lowest BCUT2D eigenvalue weighted by molar-refractivity contribution is 0.295. The molecular formula is C11H16N2O. The van der Waals surface area contributed by atoms with Crippen LogP contribution in [0.5, 0.6) is 5.75 Å². The fraction of sp³-hybridized carbons (Fsp3) is 0.545.